The molecule has 0 aliphatic rings. The molecule has 0 amide bonds. The number of benzene rings is 1. The molecule has 2 heteroatoms. The molecule has 1 aromatic carbocycles. The molecule has 2 nitrogen and oxygen atoms in total. The first-order valence-corrected chi connectivity index (χ1v) is 5.64. The third kappa shape index (κ3) is 1.76. The molecular weight excluding hydrogens is 198 g/mol. The van der Waals surface area contributed by atoms with Crippen molar-refractivity contribution < 1.29 is 5.11 Å². The molecule has 16 heavy (non-hydrogen) atoms. The number of hydrogen-bond acceptors (Lipinski definition) is 1. The van der Waals surface area contributed by atoms with Gasteiger partial charge in [0.1, 0.15) is 0 Å². The normalized spacial score (nSPS) is 10.7. The molecule has 1 N–H and O–H groups in total. The Kier molecular flexibility index (Phi) is 3.11. The van der Waals surface area contributed by atoms with Gasteiger partial charge < -0.3 is 9.67 Å². The number of aliphatic hydroxyl groups excluding tert-OH is 1. The van der Waals surface area contributed by atoms with Crippen LogP contribution in [0.3, 0.4) is 0 Å². The van der Waals surface area contributed by atoms with E-state index in [1.165, 1.54) is 11.4 Å². The fourth-order valence-corrected chi connectivity index (χ4v) is 2.22. The number of aliphatic hydroxyl groups is 1. The average Bonchev–Trinajstić information content (AvgIpc) is 2.66. The summed E-state index contributed by atoms with van der Waals surface area (Å²) in [4.78, 5) is 0. The molecule has 1 aromatic heterocycles. The Labute approximate surface area is 96.2 Å². The molecule has 0 saturated carbocycles. The van der Waals surface area contributed by atoms with Crippen LogP contribution in [-0.4, -0.2) is 9.67 Å². The van der Waals surface area contributed by atoms with Gasteiger partial charge in [-0.3, -0.25) is 0 Å². The van der Waals surface area contributed by atoms with E-state index in [2.05, 4.69) is 36.6 Å². The zero-order chi connectivity index (χ0) is 11.5. The van der Waals surface area contributed by atoms with Gasteiger partial charge >= 0.3 is 0 Å². The first-order chi connectivity index (χ1) is 7.77. The lowest BCUT2D eigenvalue weighted by Gasteiger charge is -2.11. The van der Waals surface area contributed by atoms with E-state index in [-0.39, 0.29) is 6.61 Å². The third-order valence-electron chi connectivity index (χ3n) is 2.90. The summed E-state index contributed by atoms with van der Waals surface area (Å²) in [7, 11) is 0. The summed E-state index contributed by atoms with van der Waals surface area (Å²) in [5.41, 5.74) is 4.57. The number of rotatable bonds is 3. The van der Waals surface area contributed by atoms with Crippen LogP contribution in [0, 0.1) is 6.92 Å². The SMILES string of the molecule is CCc1c(CO)cc(C)n1-c1ccccc1. The molecule has 0 bridgehead atoms. The second-order valence-corrected chi connectivity index (χ2v) is 3.94. The molecule has 0 saturated heterocycles. The minimum Gasteiger partial charge on any atom is -0.392 e. The van der Waals surface area contributed by atoms with Gasteiger partial charge in [-0.1, -0.05) is 25.1 Å². The Bertz CT molecular complexity index is 471. The van der Waals surface area contributed by atoms with Crippen molar-refractivity contribution in [2.45, 2.75) is 26.9 Å². The lowest BCUT2D eigenvalue weighted by Crippen LogP contribution is -2.02. The van der Waals surface area contributed by atoms with E-state index in [1.54, 1.807) is 0 Å². The molecular formula is C14H17NO. The smallest absolute Gasteiger partial charge is 0.0699 e. The highest BCUT2D eigenvalue weighted by molar-refractivity contribution is 5.41. The van der Waals surface area contributed by atoms with Crippen molar-refractivity contribution in [3.8, 4) is 5.69 Å². The number of hydrogen-bond donors (Lipinski definition) is 1. The summed E-state index contributed by atoms with van der Waals surface area (Å²) in [5.74, 6) is 0. The molecule has 0 aliphatic carbocycles. The van der Waals surface area contributed by atoms with Gasteiger partial charge in [0.2, 0.25) is 0 Å². The molecule has 0 atom stereocenters. The van der Waals surface area contributed by atoms with Crippen molar-refractivity contribution in [3.63, 3.8) is 0 Å². The molecule has 0 unspecified atom stereocenters. The Morgan fingerprint density at radius 1 is 1.19 bits per heavy atom. The molecule has 0 fully saturated rings. The fourth-order valence-electron chi connectivity index (χ4n) is 2.22. The van der Waals surface area contributed by atoms with Crippen LogP contribution in [0.5, 0.6) is 0 Å². The Morgan fingerprint density at radius 3 is 2.44 bits per heavy atom. The summed E-state index contributed by atoms with van der Waals surface area (Å²) in [6.45, 7) is 4.31. The van der Waals surface area contributed by atoms with Gasteiger partial charge in [-0.2, -0.15) is 0 Å². The standard InChI is InChI=1S/C14H17NO/c1-3-14-12(10-16)9-11(2)15(14)13-7-5-4-6-8-13/h4-9,16H,3,10H2,1-2H3. The van der Waals surface area contributed by atoms with Gasteiger partial charge in [0.15, 0.2) is 0 Å². The van der Waals surface area contributed by atoms with E-state index in [0.717, 1.165) is 17.7 Å². The molecule has 2 rings (SSSR count). The van der Waals surface area contributed by atoms with Crippen LogP contribution < -0.4 is 0 Å². The monoisotopic (exact) mass is 215 g/mol. The second-order valence-electron chi connectivity index (χ2n) is 3.94. The zero-order valence-electron chi connectivity index (χ0n) is 9.77. The zero-order valence-corrected chi connectivity index (χ0v) is 9.77. The average molecular weight is 215 g/mol. The highest BCUT2D eigenvalue weighted by Crippen LogP contribution is 2.21. The summed E-state index contributed by atoms with van der Waals surface area (Å²) >= 11 is 0. The highest BCUT2D eigenvalue weighted by atomic mass is 16.3. The van der Waals surface area contributed by atoms with Gasteiger partial charge in [-0.05, 0) is 37.1 Å². The van der Waals surface area contributed by atoms with Gasteiger partial charge in [0.05, 0.1) is 6.61 Å². The van der Waals surface area contributed by atoms with Gasteiger partial charge in [-0.15, -0.1) is 0 Å². The third-order valence-corrected chi connectivity index (χ3v) is 2.90. The van der Waals surface area contributed by atoms with Gasteiger partial charge in [0.25, 0.3) is 0 Å². The maximum Gasteiger partial charge on any atom is 0.0699 e. The first kappa shape index (κ1) is 11.0. The summed E-state index contributed by atoms with van der Waals surface area (Å²) < 4.78 is 2.21. The van der Waals surface area contributed by atoms with Crippen LogP contribution in [0.2, 0.25) is 0 Å². The van der Waals surface area contributed by atoms with Crippen LogP contribution >= 0.6 is 0 Å². The highest BCUT2D eigenvalue weighted by Gasteiger charge is 2.11. The van der Waals surface area contributed by atoms with Crippen molar-refractivity contribution >= 4 is 0 Å². The largest absolute Gasteiger partial charge is 0.392 e. The van der Waals surface area contributed by atoms with E-state index in [1.807, 2.05) is 18.2 Å². The van der Waals surface area contributed by atoms with Crippen molar-refractivity contribution in [1.82, 2.24) is 4.57 Å². The minimum absolute atomic E-state index is 0.115. The van der Waals surface area contributed by atoms with Crippen LogP contribution in [0.1, 0.15) is 23.9 Å². The maximum atomic E-state index is 9.32. The predicted octanol–water partition coefficient (Wildman–Crippen LogP) is 2.84. The van der Waals surface area contributed by atoms with Gasteiger partial charge in [0, 0.05) is 17.1 Å². The maximum absolute atomic E-state index is 9.32. The fraction of sp³-hybridized carbons (Fsp3) is 0.286. The minimum atomic E-state index is 0.115. The van der Waals surface area contributed by atoms with Crippen LogP contribution in [-0.2, 0) is 13.0 Å². The van der Waals surface area contributed by atoms with E-state index in [0.29, 0.717) is 0 Å². The number of nitrogens with zero attached hydrogens (tertiary/aromatic N) is 1. The summed E-state index contributed by atoms with van der Waals surface area (Å²) in [5, 5.41) is 9.32. The lowest BCUT2D eigenvalue weighted by molar-refractivity contribution is 0.280. The van der Waals surface area contributed by atoms with Crippen molar-refractivity contribution in [2.75, 3.05) is 0 Å². The number of aromatic nitrogens is 1. The van der Waals surface area contributed by atoms with E-state index in [4.69, 9.17) is 0 Å². The van der Waals surface area contributed by atoms with Gasteiger partial charge in [-0.25, -0.2) is 0 Å². The number of para-hydroxylation sites is 1. The van der Waals surface area contributed by atoms with E-state index >= 15 is 0 Å². The van der Waals surface area contributed by atoms with Crippen LogP contribution in [0.25, 0.3) is 5.69 Å². The summed E-state index contributed by atoms with van der Waals surface area (Å²) in [6, 6.07) is 12.3. The molecule has 0 aliphatic heterocycles. The lowest BCUT2D eigenvalue weighted by atomic mass is 10.2. The Morgan fingerprint density at radius 2 is 1.88 bits per heavy atom. The van der Waals surface area contributed by atoms with E-state index < -0.39 is 0 Å². The Balaban J connectivity index is 2.60. The van der Waals surface area contributed by atoms with Crippen LogP contribution in [0.4, 0.5) is 0 Å². The van der Waals surface area contributed by atoms with Crippen molar-refractivity contribution in [1.29, 1.82) is 0 Å². The predicted molar refractivity (Wildman–Crippen MR) is 65.8 cm³/mol. The Hall–Kier alpha value is -1.54. The molecule has 0 spiro atoms. The molecule has 1 heterocycles. The second kappa shape index (κ2) is 4.54. The number of aryl methyl sites for hydroxylation is 1. The van der Waals surface area contributed by atoms with E-state index in [9.17, 15) is 5.11 Å². The van der Waals surface area contributed by atoms with Crippen LogP contribution in [0.15, 0.2) is 36.4 Å². The molecule has 84 valence electrons. The molecule has 0 radical (unpaired) electrons. The first-order valence-electron chi connectivity index (χ1n) is 5.64. The van der Waals surface area contributed by atoms with Crippen molar-refractivity contribution in [2.24, 2.45) is 0 Å². The summed E-state index contributed by atoms with van der Waals surface area (Å²) in [6.07, 6.45) is 0.929. The molecule has 2 aromatic rings. The topological polar surface area (TPSA) is 25.2 Å². The quantitative estimate of drug-likeness (QED) is 0.836. The van der Waals surface area contributed by atoms with Crippen molar-refractivity contribution in [3.05, 3.63) is 53.3 Å².